The SMILES string of the molecule is O[C@@H]1CN[C@H](c2nc(-c3cc4ccccc4o3)no2)C1. The smallest absolute Gasteiger partial charge is 0.244 e. The highest BCUT2D eigenvalue weighted by molar-refractivity contribution is 5.81. The first-order valence-corrected chi connectivity index (χ1v) is 6.53. The topological polar surface area (TPSA) is 84.3 Å². The third-order valence-corrected chi connectivity index (χ3v) is 3.49. The number of furan rings is 1. The average molecular weight is 271 g/mol. The van der Waals surface area contributed by atoms with Crippen molar-refractivity contribution >= 4 is 11.0 Å². The molecule has 0 saturated carbocycles. The maximum absolute atomic E-state index is 9.51. The lowest BCUT2D eigenvalue weighted by molar-refractivity contribution is 0.191. The first-order chi connectivity index (χ1) is 9.79. The maximum atomic E-state index is 9.51. The largest absolute Gasteiger partial charge is 0.453 e. The molecule has 2 atom stereocenters. The minimum Gasteiger partial charge on any atom is -0.453 e. The van der Waals surface area contributed by atoms with Crippen LogP contribution in [-0.4, -0.2) is 27.9 Å². The Morgan fingerprint density at radius 2 is 2.20 bits per heavy atom. The van der Waals surface area contributed by atoms with E-state index in [-0.39, 0.29) is 12.1 Å². The molecule has 0 bridgehead atoms. The fourth-order valence-electron chi connectivity index (χ4n) is 2.47. The number of benzene rings is 1. The number of aliphatic hydroxyl groups excluding tert-OH is 1. The van der Waals surface area contributed by atoms with Crippen molar-refractivity contribution in [2.45, 2.75) is 18.6 Å². The summed E-state index contributed by atoms with van der Waals surface area (Å²) in [5.41, 5.74) is 0.795. The van der Waals surface area contributed by atoms with Gasteiger partial charge in [0.25, 0.3) is 0 Å². The Kier molecular flexibility index (Phi) is 2.58. The summed E-state index contributed by atoms with van der Waals surface area (Å²) in [4.78, 5) is 4.35. The lowest BCUT2D eigenvalue weighted by Gasteiger charge is -2.01. The van der Waals surface area contributed by atoms with Gasteiger partial charge in [-0.25, -0.2) is 0 Å². The van der Waals surface area contributed by atoms with Crippen molar-refractivity contribution in [1.82, 2.24) is 15.5 Å². The third kappa shape index (κ3) is 1.90. The summed E-state index contributed by atoms with van der Waals surface area (Å²) in [6.07, 6.45) is 0.225. The second kappa shape index (κ2) is 4.43. The van der Waals surface area contributed by atoms with E-state index in [1.54, 1.807) is 0 Å². The summed E-state index contributed by atoms with van der Waals surface area (Å²) in [5.74, 6) is 1.50. The van der Waals surface area contributed by atoms with Gasteiger partial charge in [-0.3, -0.25) is 0 Å². The number of rotatable bonds is 2. The van der Waals surface area contributed by atoms with Gasteiger partial charge in [0.1, 0.15) is 5.58 Å². The number of para-hydroxylation sites is 1. The number of nitrogens with zero attached hydrogens (tertiary/aromatic N) is 2. The summed E-state index contributed by atoms with van der Waals surface area (Å²) in [5, 5.41) is 17.6. The van der Waals surface area contributed by atoms with Gasteiger partial charge >= 0.3 is 0 Å². The standard InChI is InChI=1S/C14H13N3O3/c18-9-6-10(15-7-9)14-16-13(17-20-14)12-5-8-3-1-2-4-11(8)19-12/h1-5,9-10,15,18H,6-7H2/t9-,10-/m0/s1. The second-order valence-corrected chi connectivity index (χ2v) is 4.96. The van der Waals surface area contributed by atoms with Crippen molar-refractivity contribution in [2.75, 3.05) is 6.54 Å². The molecule has 2 aromatic heterocycles. The highest BCUT2D eigenvalue weighted by atomic mass is 16.5. The average Bonchev–Trinajstić information content (AvgIpc) is 3.16. The molecular weight excluding hydrogens is 258 g/mol. The minimum absolute atomic E-state index is 0.0874. The molecule has 0 aliphatic carbocycles. The van der Waals surface area contributed by atoms with Crippen LogP contribution in [0.2, 0.25) is 0 Å². The molecule has 6 nitrogen and oxygen atoms in total. The highest BCUT2D eigenvalue weighted by Gasteiger charge is 2.28. The van der Waals surface area contributed by atoms with Crippen LogP contribution in [0.4, 0.5) is 0 Å². The Hall–Kier alpha value is -2.18. The third-order valence-electron chi connectivity index (χ3n) is 3.49. The van der Waals surface area contributed by atoms with Crippen LogP contribution in [0.5, 0.6) is 0 Å². The molecule has 0 amide bonds. The monoisotopic (exact) mass is 271 g/mol. The molecule has 1 aliphatic heterocycles. The molecule has 1 saturated heterocycles. The highest BCUT2D eigenvalue weighted by Crippen LogP contribution is 2.28. The Labute approximate surface area is 114 Å². The van der Waals surface area contributed by atoms with Crippen LogP contribution in [0.15, 0.2) is 39.3 Å². The van der Waals surface area contributed by atoms with E-state index in [1.807, 2.05) is 30.3 Å². The number of hydrogen-bond acceptors (Lipinski definition) is 6. The summed E-state index contributed by atoms with van der Waals surface area (Å²) < 4.78 is 10.9. The lowest BCUT2D eigenvalue weighted by Crippen LogP contribution is -2.15. The Bertz CT molecular complexity index is 716. The molecule has 102 valence electrons. The fourth-order valence-corrected chi connectivity index (χ4v) is 2.47. The first kappa shape index (κ1) is 11.6. The van der Waals surface area contributed by atoms with Gasteiger partial charge in [-0.05, 0) is 18.6 Å². The Balaban J connectivity index is 1.67. The number of fused-ring (bicyclic) bond motifs is 1. The quantitative estimate of drug-likeness (QED) is 0.740. The van der Waals surface area contributed by atoms with Gasteiger partial charge < -0.3 is 19.4 Å². The zero-order chi connectivity index (χ0) is 13.5. The van der Waals surface area contributed by atoms with Crippen LogP contribution >= 0.6 is 0 Å². The molecule has 3 aromatic rings. The second-order valence-electron chi connectivity index (χ2n) is 4.96. The van der Waals surface area contributed by atoms with E-state index >= 15 is 0 Å². The molecule has 3 heterocycles. The first-order valence-electron chi connectivity index (χ1n) is 6.53. The van der Waals surface area contributed by atoms with Crippen molar-refractivity contribution in [2.24, 2.45) is 0 Å². The van der Waals surface area contributed by atoms with Crippen LogP contribution in [0.25, 0.3) is 22.6 Å². The van der Waals surface area contributed by atoms with Crippen molar-refractivity contribution in [3.63, 3.8) is 0 Å². The van der Waals surface area contributed by atoms with Crippen LogP contribution in [0, 0.1) is 0 Å². The predicted molar refractivity (Wildman–Crippen MR) is 70.9 cm³/mol. The van der Waals surface area contributed by atoms with Gasteiger partial charge in [0.15, 0.2) is 5.76 Å². The fraction of sp³-hybridized carbons (Fsp3) is 0.286. The van der Waals surface area contributed by atoms with Gasteiger partial charge in [-0.15, -0.1) is 0 Å². The van der Waals surface area contributed by atoms with Crippen molar-refractivity contribution in [3.8, 4) is 11.6 Å². The van der Waals surface area contributed by atoms with Crippen molar-refractivity contribution in [1.29, 1.82) is 0 Å². The normalized spacial score (nSPS) is 22.6. The molecule has 1 aliphatic rings. The number of hydrogen-bond donors (Lipinski definition) is 2. The Morgan fingerprint density at radius 1 is 1.30 bits per heavy atom. The number of aliphatic hydroxyl groups is 1. The van der Waals surface area contributed by atoms with E-state index in [2.05, 4.69) is 15.5 Å². The van der Waals surface area contributed by atoms with Gasteiger partial charge in [0, 0.05) is 11.9 Å². The van der Waals surface area contributed by atoms with Crippen LogP contribution in [0.3, 0.4) is 0 Å². The summed E-state index contributed by atoms with van der Waals surface area (Å²) in [6, 6.07) is 9.54. The molecule has 6 heteroatoms. The molecule has 0 spiro atoms. The van der Waals surface area contributed by atoms with E-state index in [0.29, 0.717) is 30.4 Å². The number of aromatic nitrogens is 2. The summed E-state index contributed by atoms with van der Waals surface area (Å²) in [7, 11) is 0. The summed E-state index contributed by atoms with van der Waals surface area (Å²) >= 11 is 0. The molecule has 2 N–H and O–H groups in total. The van der Waals surface area contributed by atoms with Crippen molar-refractivity contribution in [3.05, 3.63) is 36.2 Å². The zero-order valence-electron chi connectivity index (χ0n) is 10.6. The van der Waals surface area contributed by atoms with E-state index in [9.17, 15) is 5.11 Å². The number of β-amino-alcohol motifs (C(OH)–C–C–N with tert-alkyl or cyclic N) is 1. The molecule has 4 rings (SSSR count). The minimum atomic E-state index is -0.360. The van der Waals surface area contributed by atoms with E-state index in [4.69, 9.17) is 8.94 Å². The van der Waals surface area contributed by atoms with Crippen LogP contribution in [0.1, 0.15) is 18.4 Å². The van der Waals surface area contributed by atoms with Crippen molar-refractivity contribution < 1.29 is 14.0 Å². The molecular formula is C14H13N3O3. The van der Waals surface area contributed by atoms with Crippen LogP contribution in [-0.2, 0) is 0 Å². The molecule has 20 heavy (non-hydrogen) atoms. The number of nitrogens with one attached hydrogen (secondary N) is 1. The van der Waals surface area contributed by atoms with E-state index in [0.717, 1.165) is 11.0 Å². The van der Waals surface area contributed by atoms with E-state index in [1.165, 1.54) is 0 Å². The van der Waals surface area contributed by atoms with Gasteiger partial charge in [-0.2, -0.15) is 4.98 Å². The van der Waals surface area contributed by atoms with Crippen LogP contribution < -0.4 is 5.32 Å². The zero-order valence-corrected chi connectivity index (χ0v) is 10.6. The Morgan fingerprint density at radius 3 is 3.00 bits per heavy atom. The lowest BCUT2D eigenvalue weighted by atomic mass is 10.2. The van der Waals surface area contributed by atoms with Gasteiger partial charge in [0.05, 0.1) is 12.1 Å². The molecule has 1 aromatic carbocycles. The van der Waals surface area contributed by atoms with Gasteiger partial charge in [-0.1, -0.05) is 23.4 Å². The van der Waals surface area contributed by atoms with E-state index < -0.39 is 0 Å². The molecule has 0 radical (unpaired) electrons. The predicted octanol–water partition coefficient (Wildman–Crippen LogP) is 1.88. The molecule has 0 unspecified atom stereocenters. The summed E-state index contributed by atoms with van der Waals surface area (Å²) in [6.45, 7) is 0.549. The van der Waals surface area contributed by atoms with Gasteiger partial charge in [0.2, 0.25) is 11.7 Å². The molecule has 1 fully saturated rings. The maximum Gasteiger partial charge on any atom is 0.244 e.